The minimum absolute atomic E-state index is 0.0499. The molecule has 3 atom stereocenters. The Morgan fingerprint density at radius 2 is 2.10 bits per heavy atom. The molecule has 0 aromatic heterocycles. The van der Waals surface area contributed by atoms with Crippen molar-refractivity contribution >= 4 is 15.9 Å². The summed E-state index contributed by atoms with van der Waals surface area (Å²) in [6, 6.07) is 5.36. The van der Waals surface area contributed by atoms with Crippen molar-refractivity contribution in [3.05, 3.63) is 34.1 Å². The van der Waals surface area contributed by atoms with Crippen molar-refractivity contribution in [1.82, 2.24) is 5.32 Å². The lowest BCUT2D eigenvalue weighted by molar-refractivity contribution is 0.236. The molecule has 0 spiro atoms. The lowest BCUT2D eigenvalue weighted by atomic mass is 9.71. The highest BCUT2D eigenvalue weighted by molar-refractivity contribution is 9.10. The molecule has 1 aliphatic carbocycles. The highest BCUT2D eigenvalue weighted by Gasteiger charge is 2.31. The fraction of sp³-hybridized carbons (Fsp3) is 0.667. The molecular weight excluding hydrogens is 329 g/mol. The number of nitrogens with one attached hydrogen (secondary N) is 1. The van der Waals surface area contributed by atoms with E-state index in [-0.39, 0.29) is 5.82 Å². The van der Waals surface area contributed by atoms with Crippen LogP contribution in [0.5, 0.6) is 0 Å². The molecule has 0 radical (unpaired) electrons. The Morgan fingerprint density at radius 1 is 1.33 bits per heavy atom. The van der Waals surface area contributed by atoms with Crippen molar-refractivity contribution in [2.24, 2.45) is 17.8 Å². The minimum atomic E-state index is -0.0499. The first-order valence-electron chi connectivity index (χ1n) is 8.13. The van der Waals surface area contributed by atoms with E-state index in [0.29, 0.717) is 23.7 Å². The van der Waals surface area contributed by atoms with E-state index in [0.717, 1.165) is 29.5 Å². The minimum Gasteiger partial charge on any atom is -0.316 e. The predicted molar refractivity (Wildman–Crippen MR) is 91.1 cm³/mol. The van der Waals surface area contributed by atoms with Gasteiger partial charge in [0.2, 0.25) is 0 Å². The molecule has 1 aromatic carbocycles. The van der Waals surface area contributed by atoms with E-state index in [2.05, 4.69) is 42.0 Å². The van der Waals surface area contributed by atoms with Gasteiger partial charge in [-0.3, -0.25) is 0 Å². The van der Waals surface area contributed by atoms with E-state index < -0.39 is 0 Å². The average Bonchev–Trinajstić information content (AvgIpc) is 2.43. The van der Waals surface area contributed by atoms with Gasteiger partial charge in [-0.05, 0) is 73.4 Å². The first-order valence-corrected chi connectivity index (χ1v) is 8.92. The van der Waals surface area contributed by atoms with Crippen LogP contribution in [-0.4, -0.2) is 13.1 Å². The summed E-state index contributed by atoms with van der Waals surface area (Å²) < 4.78 is 15.2. The van der Waals surface area contributed by atoms with Gasteiger partial charge in [-0.25, -0.2) is 4.39 Å². The van der Waals surface area contributed by atoms with Crippen LogP contribution in [0.1, 0.15) is 51.5 Å². The smallest absolute Gasteiger partial charge is 0.126 e. The lowest BCUT2D eigenvalue weighted by Crippen LogP contribution is -2.33. The molecule has 118 valence electrons. The van der Waals surface area contributed by atoms with Crippen LogP contribution in [0.25, 0.3) is 0 Å². The highest BCUT2D eigenvalue weighted by atomic mass is 79.9. The molecule has 2 rings (SSSR count). The van der Waals surface area contributed by atoms with Crippen molar-refractivity contribution in [3.8, 4) is 0 Å². The SMILES string of the molecule is CC(C)CNCC1CCC(C)CC1c1cc(Br)ccc1F. The van der Waals surface area contributed by atoms with Crippen LogP contribution >= 0.6 is 15.9 Å². The molecule has 1 aromatic rings. The third-order valence-corrected chi connectivity index (χ3v) is 5.07. The van der Waals surface area contributed by atoms with Gasteiger partial charge >= 0.3 is 0 Å². The van der Waals surface area contributed by atoms with E-state index >= 15 is 0 Å². The van der Waals surface area contributed by atoms with Gasteiger partial charge in [0, 0.05) is 4.47 Å². The van der Waals surface area contributed by atoms with Crippen LogP contribution in [-0.2, 0) is 0 Å². The monoisotopic (exact) mass is 355 g/mol. The van der Waals surface area contributed by atoms with E-state index in [9.17, 15) is 4.39 Å². The van der Waals surface area contributed by atoms with Gasteiger partial charge in [-0.2, -0.15) is 0 Å². The highest BCUT2D eigenvalue weighted by Crippen LogP contribution is 2.41. The summed E-state index contributed by atoms with van der Waals surface area (Å²) in [6.07, 6.45) is 3.56. The van der Waals surface area contributed by atoms with Gasteiger partial charge in [0.05, 0.1) is 0 Å². The summed E-state index contributed by atoms with van der Waals surface area (Å²) in [7, 11) is 0. The van der Waals surface area contributed by atoms with Gasteiger partial charge in [-0.15, -0.1) is 0 Å². The van der Waals surface area contributed by atoms with E-state index in [4.69, 9.17) is 0 Å². The fourth-order valence-corrected chi connectivity index (χ4v) is 3.80. The lowest BCUT2D eigenvalue weighted by Gasteiger charge is -2.36. The second kappa shape index (κ2) is 7.73. The zero-order valence-electron chi connectivity index (χ0n) is 13.3. The van der Waals surface area contributed by atoms with E-state index in [1.807, 2.05) is 6.07 Å². The summed E-state index contributed by atoms with van der Waals surface area (Å²) in [5, 5.41) is 3.57. The summed E-state index contributed by atoms with van der Waals surface area (Å²) in [4.78, 5) is 0. The standard InChI is InChI=1S/C18H27BrFN/c1-12(2)10-21-11-14-5-4-13(3)8-16(14)17-9-15(19)6-7-18(17)20/h6-7,9,12-14,16,21H,4-5,8,10-11H2,1-3H3. The van der Waals surface area contributed by atoms with Crippen LogP contribution in [0.2, 0.25) is 0 Å². The Morgan fingerprint density at radius 3 is 2.81 bits per heavy atom. The maximum absolute atomic E-state index is 14.3. The molecule has 1 saturated carbocycles. The zero-order valence-corrected chi connectivity index (χ0v) is 14.9. The number of hydrogen-bond acceptors (Lipinski definition) is 1. The fourth-order valence-electron chi connectivity index (χ4n) is 3.42. The molecule has 3 unspecified atom stereocenters. The molecule has 1 N–H and O–H groups in total. The van der Waals surface area contributed by atoms with E-state index in [1.54, 1.807) is 12.1 Å². The van der Waals surface area contributed by atoms with Crippen LogP contribution in [0.4, 0.5) is 4.39 Å². The second-order valence-electron chi connectivity index (χ2n) is 7.00. The number of benzene rings is 1. The first-order chi connectivity index (χ1) is 9.97. The summed E-state index contributed by atoms with van der Waals surface area (Å²) >= 11 is 3.49. The largest absolute Gasteiger partial charge is 0.316 e. The van der Waals surface area contributed by atoms with Gasteiger partial charge in [-0.1, -0.05) is 43.1 Å². The first kappa shape index (κ1) is 17.0. The molecule has 0 heterocycles. The Bertz CT molecular complexity index is 461. The van der Waals surface area contributed by atoms with Crippen LogP contribution in [0.15, 0.2) is 22.7 Å². The van der Waals surface area contributed by atoms with Crippen LogP contribution in [0.3, 0.4) is 0 Å². The van der Waals surface area contributed by atoms with Crippen molar-refractivity contribution < 1.29 is 4.39 Å². The quantitative estimate of drug-likeness (QED) is 0.750. The summed E-state index contributed by atoms with van der Waals surface area (Å²) in [5.41, 5.74) is 0.896. The topological polar surface area (TPSA) is 12.0 Å². The number of hydrogen-bond donors (Lipinski definition) is 1. The predicted octanol–water partition coefficient (Wildman–Crippen LogP) is 5.35. The number of rotatable bonds is 5. The molecule has 0 amide bonds. The Kier molecular flexibility index (Phi) is 6.24. The second-order valence-corrected chi connectivity index (χ2v) is 7.92. The molecule has 1 nitrogen and oxygen atoms in total. The molecule has 0 aliphatic heterocycles. The van der Waals surface area contributed by atoms with Gasteiger partial charge in [0.25, 0.3) is 0 Å². The molecular formula is C18H27BrFN. The average molecular weight is 356 g/mol. The molecule has 0 bridgehead atoms. The van der Waals surface area contributed by atoms with Crippen molar-refractivity contribution in [2.75, 3.05) is 13.1 Å². The summed E-state index contributed by atoms with van der Waals surface area (Å²) in [5.74, 6) is 2.18. The molecule has 0 saturated heterocycles. The summed E-state index contributed by atoms with van der Waals surface area (Å²) in [6.45, 7) is 8.78. The maximum atomic E-state index is 14.3. The number of halogens is 2. The maximum Gasteiger partial charge on any atom is 0.126 e. The normalized spacial score (nSPS) is 26.3. The third-order valence-electron chi connectivity index (χ3n) is 4.57. The molecule has 1 fully saturated rings. The van der Waals surface area contributed by atoms with Gasteiger partial charge in [0.15, 0.2) is 0 Å². The van der Waals surface area contributed by atoms with Gasteiger partial charge in [0.1, 0.15) is 5.82 Å². The van der Waals surface area contributed by atoms with Crippen molar-refractivity contribution in [3.63, 3.8) is 0 Å². The van der Waals surface area contributed by atoms with Crippen molar-refractivity contribution in [2.45, 2.75) is 46.0 Å². The van der Waals surface area contributed by atoms with Gasteiger partial charge < -0.3 is 5.32 Å². The molecule has 3 heteroatoms. The zero-order chi connectivity index (χ0) is 15.4. The molecule has 21 heavy (non-hydrogen) atoms. The Hall–Kier alpha value is -0.410. The van der Waals surface area contributed by atoms with E-state index in [1.165, 1.54) is 12.8 Å². The van der Waals surface area contributed by atoms with Crippen LogP contribution < -0.4 is 5.32 Å². The Labute approximate surface area is 136 Å². The van der Waals surface area contributed by atoms with Crippen LogP contribution in [0, 0.1) is 23.6 Å². The third kappa shape index (κ3) is 4.79. The van der Waals surface area contributed by atoms with Crippen molar-refractivity contribution in [1.29, 1.82) is 0 Å². The molecule has 1 aliphatic rings. The Balaban J connectivity index is 2.12.